The van der Waals surface area contributed by atoms with Crippen LogP contribution in [0, 0.1) is 0 Å². The molecule has 108 valence electrons. The summed E-state index contributed by atoms with van der Waals surface area (Å²) in [7, 11) is 0. The van der Waals surface area contributed by atoms with E-state index in [1.165, 1.54) is 0 Å². The first kappa shape index (κ1) is 15.8. The van der Waals surface area contributed by atoms with Crippen LogP contribution < -0.4 is 10.6 Å². The maximum atomic E-state index is 11.9. The Morgan fingerprint density at radius 1 is 0.857 bits per heavy atom. The van der Waals surface area contributed by atoms with Crippen LogP contribution in [0.5, 0.6) is 0 Å². The number of carbonyl (C=O) groups is 2. The molecular weight excluding hydrogens is 379 g/mol. The van der Waals surface area contributed by atoms with E-state index >= 15 is 0 Å². The average Bonchev–Trinajstić information content (AvgIpc) is 2.46. The van der Waals surface area contributed by atoms with E-state index in [-0.39, 0.29) is 10.7 Å². The zero-order valence-electron chi connectivity index (χ0n) is 10.5. The van der Waals surface area contributed by atoms with Crippen LogP contribution in [-0.4, -0.2) is 11.8 Å². The number of rotatable bonds is 2. The summed E-state index contributed by atoms with van der Waals surface area (Å²) < 4.78 is 0.673. The molecule has 0 bridgehead atoms. The summed E-state index contributed by atoms with van der Waals surface area (Å²) in [5, 5.41) is 5.37. The third-order valence-electron chi connectivity index (χ3n) is 2.53. The molecule has 0 aliphatic rings. The number of halogens is 3. The van der Waals surface area contributed by atoms with Crippen molar-refractivity contribution in [1.82, 2.24) is 0 Å². The first-order valence-electron chi connectivity index (χ1n) is 5.80. The molecule has 2 rings (SSSR count). The van der Waals surface area contributed by atoms with Gasteiger partial charge < -0.3 is 10.6 Å². The van der Waals surface area contributed by atoms with Crippen molar-refractivity contribution in [1.29, 1.82) is 0 Å². The van der Waals surface area contributed by atoms with Gasteiger partial charge in [0.1, 0.15) is 0 Å². The van der Waals surface area contributed by atoms with Crippen molar-refractivity contribution in [3.05, 3.63) is 57.0 Å². The minimum Gasteiger partial charge on any atom is -0.317 e. The molecule has 0 atom stereocenters. The molecular formula is C14H9BrCl2N2O2. The summed E-state index contributed by atoms with van der Waals surface area (Å²) >= 11 is 15.1. The van der Waals surface area contributed by atoms with Gasteiger partial charge in [0.2, 0.25) is 0 Å². The van der Waals surface area contributed by atoms with E-state index < -0.39 is 11.8 Å². The lowest BCUT2D eigenvalue weighted by Gasteiger charge is -2.09. The summed E-state index contributed by atoms with van der Waals surface area (Å²) in [5.41, 5.74) is 0.770. The second kappa shape index (κ2) is 6.93. The number of hydrogen-bond donors (Lipinski definition) is 2. The Morgan fingerprint density at radius 2 is 1.43 bits per heavy atom. The third kappa shape index (κ3) is 3.97. The van der Waals surface area contributed by atoms with Gasteiger partial charge in [0.25, 0.3) is 0 Å². The Labute approximate surface area is 139 Å². The van der Waals surface area contributed by atoms with Crippen molar-refractivity contribution >= 4 is 62.3 Å². The molecule has 2 N–H and O–H groups in total. The lowest BCUT2D eigenvalue weighted by molar-refractivity contribution is -0.133. The molecule has 4 nitrogen and oxygen atoms in total. The second-order valence-electron chi connectivity index (χ2n) is 3.99. The zero-order chi connectivity index (χ0) is 15.4. The van der Waals surface area contributed by atoms with E-state index in [4.69, 9.17) is 23.2 Å². The third-order valence-corrected chi connectivity index (χ3v) is 4.04. The molecule has 0 saturated heterocycles. The molecule has 0 radical (unpaired) electrons. The molecule has 0 aromatic heterocycles. The zero-order valence-corrected chi connectivity index (χ0v) is 13.6. The van der Waals surface area contributed by atoms with E-state index in [1.54, 1.807) is 42.5 Å². The standard InChI is InChI=1S/C14H9BrCl2N2O2/c15-8-4-1-2-6-10(8)18-13(20)14(21)19-11-7-3-5-9(16)12(11)17/h1-7H,(H,18,20)(H,19,21). The topological polar surface area (TPSA) is 58.2 Å². The summed E-state index contributed by atoms with van der Waals surface area (Å²) in [6.07, 6.45) is 0. The van der Waals surface area contributed by atoms with Gasteiger partial charge in [-0.3, -0.25) is 9.59 Å². The Morgan fingerprint density at radius 3 is 2.10 bits per heavy atom. The number of carbonyl (C=O) groups excluding carboxylic acids is 2. The quantitative estimate of drug-likeness (QED) is 0.753. The van der Waals surface area contributed by atoms with Crippen molar-refractivity contribution in [2.45, 2.75) is 0 Å². The Hall–Kier alpha value is -1.56. The molecule has 0 aliphatic carbocycles. The number of anilines is 2. The van der Waals surface area contributed by atoms with E-state index in [9.17, 15) is 9.59 Å². The summed E-state index contributed by atoms with van der Waals surface area (Å²) in [4.78, 5) is 23.7. The number of para-hydroxylation sites is 1. The molecule has 7 heteroatoms. The maximum absolute atomic E-state index is 11.9. The largest absolute Gasteiger partial charge is 0.317 e. The lowest BCUT2D eigenvalue weighted by Crippen LogP contribution is -2.29. The highest BCUT2D eigenvalue weighted by molar-refractivity contribution is 9.10. The van der Waals surface area contributed by atoms with Crippen molar-refractivity contribution in [2.75, 3.05) is 10.6 Å². The van der Waals surface area contributed by atoms with Gasteiger partial charge in [0.15, 0.2) is 0 Å². The molecule has 0 saturated carbocycles. The minimum atomic E-state index is -0.838. The first-order valence-corrected chi connectivity index (χ1v) is 7.35. The SMILES string of the molecule is O=C(Nc1ccccc1Br)C(=O)Nc1cccc(Cl)c1Cl. The molecule has 0 heterocycles. The van der Waals surface area contributed by atoms with Gasteiger partial charge in [-0.1, -0.05) is 41.4 Å². The number of amides is 2. The second-order valence-corrected chi connectivity index (χ2v) is 5.63. The van der Waals surface area contributed by atoms with E-state index in [0.717, 1.165) is 0 Å². The highest BCUT2D eigenvalue weighted by Gasteiger charge is 2.16. The number of benzene rings is 2. The highest BCUT2D eigenvalue weighted by Crippen LogP contribution is 2.29. The van der Waals surface area contributed by atoms with Gasteiger partial charge in [-0.15, -0.1) is 0 Å². The number of nitrogens with one attached hydrogen (secondary N) is 2. The molecule has 0 unspecified atom stereocenters. The normalized spacial score (nSPS) is 10.0. The van der Waals surface area contributed by atoms with Crippen molar-refractivity contribution in [3.8, 4) is 0 Å². The first-order chi connectivity index (χ1) is 9.99. The lowest BCUT2D eigenvalue weighted by atomic mass is 10.3. The minimum absolute atomic E-state index is 0.182. The van der Waals surface area contributed by atoms with Crippen LogP contribution in [0.4, 0.5) is 11.4 Å². The van der Waals surface area contributed by atoms with Gasteiger partial charge in [0.05, 0.1) is 21.4 Å². The van der Waals surface area contributed by atoms with E-state index in [0.29, 0.717) is 15.2 Å². The van der Waals surface area contributed by atoms with E-state index in [2.05, 4.69) is 26.6 Å². The molecule has 2 amide bonds. The molecule has 0 fully saturated rings. The van der Waals surface area contributed by atoms with Crippen LogP contribution in [0.1, 0.15) is 0 Å². The Bertz CT molecular complexity index is 707. The van der Waals surface area contributed by atoms with Crippen LogP contribution in [-0.2, 0) is 9.59 Å². The summed E-state index contributed by atoms with van der Waals surface area (Å²) in [5.74, 6) is -1.65. The van der Waals surface area contributed by atoms with Gasteiger partial charge in [0, 0.05) is 4.47 Å². The fourth-order valence-electron chi connectivity index (χ4n) is 1.52. The molecule has 0 aliphatic heterocycles. The smallest absolute Gasteiger partial charge is 0.314 e. The van der Waals surface area contributed by atoms with Crippen molar-refractivity contribution in [2.24, 2.45) is 0 Å². The molecule has 2 aromatic carbocycles. The predicted octanol–water partition coefficient (Wildman–Crippen LogP) is 4.33. The van der Waals surface area contributed by atoms with Crippen LogP contribution >= 0.6 is 39.1 Å². The molecule has 0 spiro atoms. The van der Waals surface area contributed by atoms with Crippen LogP contribution in [0.25, 0.3) is 0 Å². The Balaban J connectivity index is 2.08. The van der Waals surface area contributed by atoms with Gasteiger partial charge >= 0.3 is 11.8 Å². The molecule has 2 aromatic rings. The average molecular weight is 388 g/mol. The van der Waals surface area contributed by atoms with Gasteiger partial charge in [-0.05, 0) is 40.2 Å². The van der Waals surface area contributed by atoms with Crippen LogP contribution in [0.3, 0.4) is 0 Å². The van der Waals surface area contributed by atoms with Crippen LogP contribution in [0.2, 0.25) is 10.0 Å². The fraction of sp³-hybridized carbons (Fsp3) is 0. The number of hydrogen-bond acceptors (Lipinski definition) is 2. The van der Waals surface area contributed by atoms with Gasteiger partial charge in [-0.25, -0.2) is 0 Å². The monoisotopic (exact) mass is 386 g/mol. The van der Waals surface area contributed by atoms with Crippen molar-refractivity contribution in [3.63, 3.8) is 0 Å². The van der Waals surface area contributed by atoms with Crippen molar-refractivity contribution < 1.29 is 9.59 Å². The summed E-state index contributed by atoms with van der Waals surface area (Å²) in [6.45, 7) is 0. The maximum Gasteiger partial charge on any atom is 0.314 e. The predicted molar refractivity (Wildman–Crippen MR) is 87.9 cm³/mol. The fourth-order valence-corrected chi connectivity index (χ4v) is 2.25. The van der Waals surface area contributed by atoms with Crippen LogP contribution in [0.15, 0.2) is 46.9 Å². The van der Waals surface area contributed by atoms with E-state index in [1.807, 2.05) is 0 Å². The molecule has 21 heavy (non-hydrogen) atoms. The Kier molecular flexibility index (Phi) is 5.22. The summed E-state index contributed by atoms with van der Waals surface area (Å²) in [6, 6.07) is 11.7. The van der Waals surface area contributed by atoms with Gasteiger partial charge in [-0.2, -0.15) is 0 Å². The highest BCUT2D eigenvalue weighted by atomic mass is 79.9.